The fourth-order valence-corrected chi connectivity index (χ4v) is 1.36. The number of anilines is 1. The normalized spacial score (nSPS) is 11.2. The van der Waals surface area contributed by atoms with Gasteiger partial charge in [0.15, 0.2) is 6.20 Å². The van der Waals surface area contributed by atoms with Crippen LogP contribution in [0.15, 0.2) is 18.3 Å². The molecule has 6 nitrogen and oxygen atoms in total. The molecule has 1 aromatic heterocycles. The Kier molecular flexibility index (Phi) is 3.78. The number of nitrogens with zero attached hydrogens (tertiary/aromatic N) is 2. The molecule has 0 aliphatic carbocycles. The predicted molar refractivity (Wildman–Crippen MR) is 60.5 cm³/mol. The van der Waals surface area contributed by atoms with Crippen molar-refractivity contribution in [3.63, 3.8) is 0 Å². The molecule has 0 atom stereocenters. The van der Waals surface area contributed by atoms with E-state index in [2.05, 4.69) is 10.3 Å². The van der Waals surface area contributed by atoms with Crippen molar-refractivity contribution in [3.8, 4) is 0 Å². The molecule has 0 amide bonds. The van der Waals surface area contributed by atoms with Crippen LogP contribution in [0.5, 0.6) is 0 Å². The van der Waals surface area contributed by atoms with Gasteiger partial charge in [0.2, 0.25) is 0 Å². The van der Waals surface area contributed by atoms with E-state index >= 15 is 0 Å². The molecular weight excluding hydrogens is 210 g/mol. The van der Waals surface area contributed by atoms with Crippen molar-refractivity contribution < 1.29 is 9.66 Å². The highest BCUT2D eigenvalue weighted by Crippen LogP contribution is 2.16. The molecule has 1 rings (SSSR count). The molecule has 0 saturated heterocycles. The molecule has 16 heavy (non-hydrogen) atoms. The van der Waals surface area contributed by atoms with Gasteiger partial charge < -0.3 is 20.2 Å². The molecule has 1 aromatic rings. The third kappa shape index (κ3) is 3.47. The fraction of sp³-hybridized carbons (Fsp3) is 0.500. The van der Waals surface area contributed by atoms with Crippen LogP contribution in [-0.2, 0) is 4.74 Å². The lowest BCUT2D eigenvalue weighted by Gasteiger charge is -2.25. The summed E-state index contributed by atoms with van der Waals surface area (Å²) in [6, 6.07) is 2.99. The molecule has 0 radical (unpaired) electrons. The molecule has 0 bridgehead atoms. The summed E-state index contributed by atoms with van der Waals surface area (Å²) in [5, 5.41) is 13.6. The minimum Gasteiger partial charge on any atom is -0.382 e. The number of nitro groups is 1. The SMILES string of the molecule is COCC(C)(C)Nc1ccc([N+](=O)[O-])nc1. The van der Waals surface area contributed by atoms with Gasteiger partial charge in [-0.3, -0.25) is 0 Å². The summed E-state index contributed by atoms with van der Waals surface area (Å²) in [5.41, 5.74) is 0.486. The molecule has 0 saturated carbocycles. The fourth-order valence-electron chi connectivity index (χ4n) is 1.36. The van der Waals surface area contributed by atoms with E-state index in [0.717, 1.165) is 5.69 Å². The average molecular weight is 225 g/mol. The van der Waals surface area contributed by atoms with Crippen molar-refractivity contribution in [2.75, 3.05) is 19.0 Å². The summed E-state index contributed by atoms with van der Waals surface area (Å²) in [6.07, 6.45) is 1.44. The monoisotopic (exact) mass is 225 g/mol. The number of hydrogen-bond donors (Lipinski definition) is 1. The second-order valence-electron chi connectivity index (χ2n) is 4.10. The zero-order valence-corrected chi connectivity index (χ0v) is 9.56. The first-order valence-corrected chi connectivity index (χ1v) is 4.82. The van der Waals surface area contributed by atoms with Gasteiger partial charge in [-0.1, -0.05) is 0 Å². The maximum atomic E-state index is 10.4. The maximum Gasteiger partial charge on any atom is 0.363 e. The van der Waals surface area contributed by atoms with Gasteiger partial charge in [0, 0.05) is 13.2 Å². The summed E-state index contributed by atoms with van der Waals surface area (Å²) in [6.45, 7) is 4.47. The van der Waals surface area contributed by atoms with Crippen LogP contribution in [0.25, 0.3) is 0 Å². The van der Waals surface area contributed by atoms with E-state index in [4.69, 9.17) is 4.74 Å². The standard InChI is InChI=1S/C10H15N3O3/c1-10(2,7-16-3)12-8-4-5-9(11-6-8)13(14)15/h4-6,12H,7H2,1-3H3. The first kappa shape index (κ1) is 12.4. The molecule has 0 spiro atoms. The van der Waals surface area contributed by atoms with Crippen LogP contribution in [0.4, 0.5) is 11.5 Å². The lowest BCUT2D eigenvalue weighted by molar-refractivity contribution is -0.389. The Morgan fingerprint density at radius 2 is 2.25 bits per heavy atom. The molecule has 0 unspecified atom stereocenters. The summed E-state index contributed by atoms with van der Waals surface area (Å²) in [7, 11) is 1.62. The van der Waals surface area contributed by atoms with Crippen molar-refractivity contribution in [1.82, 2.24) is 4.98 Å². The highest BCUT2D eigenvalue weighted by molar-refractivity contribution is 5.45. The number of ether oxygens (including phenoxy) is 1. The Morgan fingerprint density at radius 3 is 2.69 bits per heavy atom. The smallest absolute Gasteiger partial charge is 0.363 e. The lowest BCUT2D eigenvalue weighted by atomic mass is 10.1. The van der Waals surface area contributed by atoms with E-state index in [0.29, 0.717) is 6.61 Å². The van der Waals surface area contributed by atoms with E-state index in [1.807, 2.05) is 13.8 Å². The zero-order valence-electron chi connectivity index (χ0n) is 9.56. The third-order valence-electron chi connectivity index (χ3n) is 1.92. The maximum absolute atomic E-state index is 10.4. The van der Waals surface area contributed by atoms with E-state index in [1.165, 1.54) is 12.3 Å². The molecule has 0 aliphatic heterocycles. The number of methoxy groups -OCH3 is 1. The molecule has 0 aromatic carbocycles. The largest absolute Gasteiger partial charge is 0.382 e. The quantitative estimate of drug-likeness (QED) is 0.611. The lowest BCUT2D eigenvalue weighted by Crippen LogP contribution is -2.35. The van der Waals surface area contributed by atoms with Gasteiger partial charge in [0.25, 0.3) is 0 Å². The molecule has 0 aliphatic rings. The van der Waals surface area contributed by atoms with Crippen molar-refractivity contribution >= 4 is 11.5 Å². The Labute approximate surface area is 93.8 Å². The first-order valence-electron chi connectivity index (χ1n) is 4.82. The molecule has 6 heteroatoms. The van der Waals surface area contributed by atoms with Gasteiger partial charge in [-0.25, -0.2) is 0 Å². The molecule has 0 fully saturated rings. The van der Waals surface area contributed by atoms with E-state index in [1.54, 1.807) is 13.2 Å². The highest BCUT2D eigenvalue weighted by atomic mass is 16.6. The average Bonchev–Trinajstić information content (AvgIpc) is 2.17. The number of nitrogens with one attached hydrogen (secondary N) is 1. The number of hydrogen-bond acceptors (Lipinski definition) is 5. The highest BCUT2D eigenvalue weighted by Gasteiger charge is 2.18. The Hall–Kier alpha value is -1.69. The molecule has 88 valence electrons. The van der Waals surface area contributed by atoms with Gasteiger partial charge in [-0.05, 0) is 29.8 Å². The van der Waals surface area contributed by atoms with Crippen LogP contribution in [0.2, 0.25) is 0 Å². The first-order chi connectivity index (χ1) is 7.44. The van der Waals surface area contributed by atoms with Crippen LogP contribution >= 0.6 is 0 Å². The van der Waals surface area contributed by atoms with Crippen molar-refractivity contribution in [3.05, 3.63) is 28.4 Å². The number of rotatable bonds is 5. The van der Waals surface area contributed by atoms with Crippen molar-refractivity contribution in [1.29, 1.82) is 0 Å². The minimum atomic E-state index is -0.524. The summed E-state index contributed by atoms with van der Waals surface area (Å²) in [5.74, 6) is -0.157. The summed E-state index contributed by atoms with van der Waals surface area (Å²) >= 11 is 0. The van der Waals surface area contributed by atoms with Gasteiger partial charge in [0.1, 0.15) is 0 Å². The van der Waals surface area contributed by atoms with E-state index in [9.17, 15) is 10.1 Å². The summed E-state index contributed by atoms with van der Waals surface area (Å²) < 4.78 is 5.05. The third-order valence-corrected chi connectivity index (χ3v) is 1.92. The van der Waals surface area contributed by atoms with Crippen molar-refractivity contribution in [2.45, 2.75) is 19.4 Å². The Balaban J connectivity index is 2.72. The van der Waals surface area contributed by atoms with E-state index < -0.39 is 4.92 Å². The topological polar surface area (TPSA) is 77.3 Å². The molecule has 1 heterocycles. The summed E-state index contributed by atoms with van der Waals surface area (Å²) in [4.78, 5) is 13.6. The molecular formula is C10H15N3O3. The van der Waals surface area contributed by atoms with Crippen molar-refractivity contribution in [2.24, 2.45) is 0 Å². The minimum absolute atomic E-state index is 0.157. The van der Waals surface area contributed by atoms with Gasteiger partial charge in [0.05, 0.1) is 17.8 Å². The van der Waals surface area contributed by atoms with Gasteiger partial charge >= 0.3 is 5.82 Å². The second kappa shape index (κ2) is 4.89. The predicted octanol–water partition coefficient (Wildman–Crippen LogP) is 1.83. The van der Waals surface area contributed by atoms with E-state index in [-0.39, 0.29) is 11.4 Å². The Bertz CT molecular complexity index is 362. The van der Waals surface area contributed by atoms with Crippen LogP contribution in [0, 0.1) is 10.1 Å². The molecule has 1 N–H and O–H groups in total. The van der Waals surface area contributed by atoms with Crippen LogP contribution < -0.4 is 5.32 Å². The van der Waals surface area contributed by atoms with Crippen LogP contribution in [0.1, 0.15) is 13.8 Å². The van der Waals surface area contributed by atoms with Gasteiger partial charge in [-0.2, -0.15) is 0 Å². The van der Waals surface area contributed by atoms with Gasteiger partial charge in [-0.15, -0.1) is 0 Å². The second-order valence-corrected chi connectivity index (χ2v) is 4.10. The number of aromatic nitrogens is 1. The van der Waals surface area contributed by atoms with Crippen LogP contribution in [-0.4, -0.2) is 29.2 Å². The van der Waals surface area contributed by atoms with Crippen LogP contribution in [0.3, 0.4) is 0 Å². The Morgan fingerprint density at radius 1 is 1.56 bits per heavy atom. The zero-order chi connectivity index (χ0) is 12.2. The number of pyridine rings is 1.